The van der Waals surface area contributed by atoms with Gasteiger partial charge in [0.25, 0.3) is 0 Å². The molecule has 2 aromatic rings. The molecule has 1 aliphatic rings. The van der Waals surface area contributed by atoms with Crippen molar-refractivity contribution in [1.82, 2.24) is 0 Å². The van der Waals surface area contributed by atoms with Gasteiger partial charge in [-0.2, -0.15) is 0 Å². The molecule has 0 bridgehead atoms. The van der Waals surface area contributed by atoms with E-state index in [0.717, 1.165) is 30.6 Å². The fourth-order valence-corrected chi connectivity index (χ4v) is 3.48. The number of benzene rings is 2. The fraction of sp³-hybridized carbons (Fsp3) is 0.381. The summed E-state index contributed by atoms with van der Waals surface area (Å²) >= 11 is 0. The SMILES string of the molecule is CCCC1Cc2cc(OC(C)=O)c(OC)cc2OC1c1ccccc1. The lowest BCUT2D eigenvalue weighted by Crippen LogP contribution is -2.26. The summed E-state index contributed by atoms with van der Waals surface area (Å²) in [5, 5.41) is 0. The Hall–Kier alpha value is -2.49. The molecule has 1 aliphatic heterocycles. The summed E-state index contributed by atoms with van der Waals surface area (Å²) < 4.78 is 17.0. The Labute approximate surface area is 148 Å². The fourth-order valence-electron chi connectivity index (χ4n) is 3.48. The minimum atomic E-state index is -0.359. The van der Waals surface area contributed by atoms with Crippen molar-refractivity contribution in [2.75, 3.05) is 7.11 Å². The van der Waals surface area contributed by atoms with E-state index in [-0.39, 0.29) is 12.1 Å². The first-order chi connectivity index (χ1) is 12.1. The molecule has 0 N–H and O–H groups in total. The molecule has 4 nitrogen and oxygen atoms in total. The molecule has 0 radical (unpaired) electrons. The molecule has 2 unspecified atom stereocenters. The van der Waals surface area contributed by atoms with Crippen molar-refractivity contribution >= 4 is 5.97 Å². The van der Waals surface area contributed by atoms with Crippen molar-refractivity contribution in [2.24, 2.45) is 5.92 Å². The molecule has 2 atom stereocenters. The van der Waals surface area contributed by atoms with Gasteiger partial charge < -0.3 is 14.2 Å². The molecule has 0 spiro atoms. The third-order valence-corrected chi connectivity index (χ3v) is 4.55. The Bertz CT molecular complexity index is 739. The highest BCUT2D eigenvalue weighted by Gasteiger charge is 2.32. The lowest BCUT2D eigenvalue weighted by atomic mass is 9.84. The van der Waals surface area contributed by atoms with Crippen LogP contribution in [0.15, 0.2) is 42.5 Å². The van der Waals surface area contributed by atoms with Crippen LogP contribution in [0.2, 0.25) is 0 Å². The molecule has 0 amide bonds. The van der Waals surface area contributed by atoms with Crippen molar-refractivity contribution in [1.29, 1.82) is 0 Å². The first-order valence-electron chi connectivity index (χ1n) is 8.73. The molecule has 2 aromatic carbocycles. The molecular weight excluding hydrogens is 316 g/mol. The zero-order chi connectivity index (χ0) is 17.8. The van der Waals surface area contributed by atoms with Gasteiger partial charge in [-0.3, -0.25) is 4.79 Å². The predicted octanol–water partition coefficient (Wildman–Crippen LogP) is 4.71. The maximum atomic E-state index is 11.3. The average molecular weight is 340 g/mol. The Balaban J connectivity index is 1.98. The van der Waals surface area contributed by atoms with Gasteiger partial charge in [-0.25, -0.2) is 0 Å². The van der Waals surface area contributed by atoms with Crippen LogP contribution in [0.4, 0.5) is 0 Å². The molecule has 4 heteroatoms. The highest BCUT2D eigenvalue weighted by molar-refractivity contribution is 5.71. The van der Waals surface area contributed by atoms with Crippen molar-refractivity contribution in [3.63, 3.8) is 0 Å². The Morgan fingerprint density at radius 3 is 2.60 bits per heavy atom. The van der Waals surface area contributed by atoms with Crippen molar-refractivity contribution < 1.29 is 19.0 Å². The zero-order valence-electron chi connectivity index (χ0n) is 15.0. The summed E-state index contributed by atoms with van der Waals surface area (Å²) in [6, 6.07) is 14.0. The Morgan fingerprint density at radius 1 is 1.20 bits per heavy atom. The van der Waals surface area contributed by atoms with Crippen LogP contribution in [-0.4, -0.2) is 13.1 Å². The molecule has 0 aliphatic carbocycles. The van der Waals surface area contributed by atoms with E-state index in [4.69, 9.17) is 14.2 Å². The van der Waals surface area contributed by atoms with E-state index in [9.17, 15) is 4.79 Å². The first kappa shape index (κ1) is 17.3. The van der Waals surface area contributed by atoms with Crippen LogP contribution in [0, 0.1) is 5.92 Å². The molecule has 132 valence electrons. The van der Waals surface area contributed by atoms with E-state index >= 15 is 0 Å². The summed E-state index contributed by atoms with van der Waals surface area (Å²) in [6.45, 7) is 3.58. The van der Waals surface area contributed by atoms with Crippen LogP contribution >= 0.6 is 0 Å². The molecule has 0 saturated carbocycles. The van der Waals surface area contributed by atoms with Crippen molar-refractivity contribution in [3.05, 3.63) is 53.6 Å². The second kappa shape index (κ2) is 7.60. The highest BCUT2D eigenvalue weighted by atomic mass is 16.6. The van der Waals surface area contributed by atoms with Crippen LogP contribution in [0.1, 0.15) is 43.9 Å². The van der Waals surface area contributed by atoms with Gasteiger partial charge in [0.15, 0.2) is 11.5 Å². The first-order valence-corrected chi connectivity index (χ1v) is 8.73. The zero-order valence-corrected chi connectivity index (χ0v) is 15.0. The summed E-state index contributed by atoms with van der Waals surface area (Å²) in [6.07, 6.45) is 3.09. The highest BCUT2D eigenvalue weighted by Crippen LogP contribution is 2.45. The summed E-state index contributed by atoms with van der Waals surface area (Å²) in [5.41, 5.74) is 2.25. The predicted molar refractivity (Wildman–Crippen MR) is 96.2 cm³/mol. The van der Waals surface area contributed by atoms with Crippen molar-refractivity contribution in [3.8, 4) is 17.2 Å². The summed E-state index contributed by atoms with van der Waals surface area (Å²) in [5.74, 6) is 1.79. The number of rotatable bonds is 5. The van der Waals surface area contributed by atoms with Gasteiger partial charge in [0.1, 0.15) is 11.9 Å². The van der Waals surface area contributed by atoms with E-state index in [0.29, 0.717) is 17.4 Å². The van der Waals surface area contributed by atoms with Crippen LogP contribution in [0.5, 0.6) is 17.2 Å². The minimum absolute atomic E-state index is 0.0259. The topological polar surface area (TPSA) is 44.8 Å². The molecule has 0 aromatic heterocycles. The second-order valence-electron chi connectivity index (χ2n) is 6.41. The molecule has 25 heavy (non-hydrogen) atoms. The maximum Gasteiger partial charge on any atom is 0.308 e. The van der Waals surface area contributed by atoms with Gasteiger partial charge in [0, 0.05) is 18.9 Å². The van der Waals surface area contributed by atoms with E-state index in [1.165, 1.54) is 12.5 Å². The van der Waals surface area contributed by atoms with Gasteiger partial charge in [-0.1, -0.05) is 43.7 Å². The standard InChI is InChI=1S/C21H24O4/c1-4-8-16-11-17-12-20(24-14(2)22)19(23-3)13-18(17)25-21(16)15-9-6-5-7-10-15/h5-7,9-10,12-13,16,21H,4,8,11H2,1-3H3. The quantitative estimate of drug-likeness (QED) is 0.584. The van der Waals surface area contributed by atoms with Crippen molar-refractivity contribution in [2.45, 2.75) is 39.2 Å². The monoisotopic (exact) mass is 340 g/mol. The number of ether oxygens (including phenoxy) is 3. The average Bonchev–Trinajstić information content (AvgIpc) is 2.61. The van der Waals surface area contributed by atoms with Crippen LogP contribution in [0.25, 0.3) is 0 Å². The summed E-state index contributed by atoms with van der Waals surface area (Å²) in [4.78, 5) is 11.3. The molecule has 0 fully saturated rings. The van der Waals surface area contributed by atoms with E-state index in [2.05, 4.69) is 19.1 Å². The van der Waals surface area contributed by atoms with Gasteiger partial charge in [0.2, 0.25) is 0 Å². The third-order valence-electron chi connectivity index (χ3n) is 4.55. The number of hydrogen-bond acceptors (Lipinski definition) is 4. The van der Waals surface area contributed by atoms with Gasteiger partial charge in [0.05, 0.1) is 7.11 Å². The number of carbonyl (C=O) groups excluding carboxylic acids is 1. The lowest BCUT2D eigenvalue weighted by Gasteiger charge is -2.34. The van der Waals surface area contributed by atoms with Gasteiger partial charge >= 0.3 is 5.97 Å². The normalized spacial score (nSPS) is 18.8. The molecule has 0 saturated heterocycles. The van der Waals surface area contributed by atoms with Gasteiger partial charge in [-0.05, 0) is 30.0 Å². The number of carbonyl (C=O) groups is 1. The largest absolute Gasteiger partial charge is 0.493 e. The number of esters is 1. The van der Waals surface area contributed by atoms with E-state index in [1.807, 2.05) is 30.3 Å². The number of fused-ring (bicyclic) bond motifs is 1. The van der Waals surface area contributed by atoms with Crippen LogP contribution < -0.4 is 14.2 Å². The van der Waals surface area contributed by atoms with E-state index in [1.54, 1.807) is 7.11 Å². The molecule has 3 rings (SSSR count). The minimum Gasteiger partial charge on any atom is -0.493 e. The second-order valence-corrected chi connectivity index (χ2v) is 6.41. The Morgan fingerprint density at radius 2 is 1.96 bits per heavy atom. The smallest absolute Gasteiger partial charge is 0.308 e. The molecule has 1 heterocycles. The third kappa shape index (κ3) is 3.78. The van der Waals surface area contributed by atoms with Crippen LogP contribution in [-0.2, 0) is 11.2 Å². The number of hydrogen-bond donors (Lipinski definition) is 0. The van der Waals surface area contributed by atoms with Crippen LogP contribution in [0.3, 0.4) is 0 Å². The van der Waals surface area contributed by atoms with Gasteiger partial charge in [-0.15, -0.1) is 0 Å². The Kier molecular flexibility index (Phi) is 5.27. The van der Waals surface area contributed by atoms with E-state index < -0.39 is 0 Å². The maximum absolute atomic E-state index is 11.3. The lowest BCUT2D eigenvalue weighted by molar-refractivity contribution is -0.132. The number of methoxy groups -OCH3 is 1. The summed E-state index contributed by atoms with van der Waals surface area (Å²) in [7, 11) is 1.56. The molecular formula is C21H24O4.